The zero-order valence-corrected chi connectivity index (χ0v) is 38.0. The molecule has 9 aromatic rings. The van der Waals surface area contributed by atoms with Crippen LogP contribution >= 0.6 is 0 Å². The van der Waals surface area contributed by atoms with Crippen LogP contribution in [0.5, 0.6) is 0 Å². The summed E-state index contributed by atoms with van der Waals surface area (Å²) in [7, 11) is 0. The molecule has 2 atom stereocenters. The van der Waals surface area contributed by atoms with Crippen LogP contribution in [0.4, 0.5) is 22.7 Å². The third-order valence-corrected chi connectivity index (χ3v) is 13.3. The van der Waals surface area contributed by atoms with Crippen LogP contribution in [0.15, 0.2) is 279 Å². The van der Waals surface area contributed by atoms with Crippen LogP contribution in [0.2, 0.25) is 0 Å². The SMILES string of the molecule is C1=CC(N(c2ccccc2)c2ccc(-c3cccc(-c4ccccc4-c4cccc(-c5ccc(N(c6ccccc6)C6C=CC(c7ccccc7)=CC6)cc5)c4)c3)cc2)CC=C1c1ccccc1. The molecule has 0 aromatic heterocycles. The number of anilines is 4. The van der Waals surface area contributed by atoms with Gasteiger partial charge in [0.1, 0.15) is 0 Å². The van der Waals surface area contributed by atoms with Crippen molar-refractivity contribution in [3.05, 3.63) is 290 Å². The Kier molecular flexibility index (Phi) is 12.1. The Morgan fingerprint density at radius 2 is 0.588 bits per heavy atom. The minimum absolute atomic E-state index is 0.204. The van der Waals surface area contributed by atoms with Crippen LogP contribution in [0.25, 0.3) is 55.7 Å². The first-order valence-electron chi connectivity index (χ1n) is 23.8. The molecule has 0 heterocycles. The lowest BCUT2D eigenvalue weighted by atomic mass is 9.91. The fourth-order valence-electron chi connectivity index (χ4n) is 9.88. The van der Waals surface area contributed by atoms with E-state index in [0.717, 1.165) is 12.8 Å². The Balaban J connectivity index is 0.837. The van der Waals surface area contributed by atoms with Gasteiger partial charge in [-0.05, 0) is 140 Å². The van der Waals surface area contributed by atoms with Crippen molar-refractivity contribution in [2.45, 2.75) is 24.9 Å². The zero-order valence-electron chi connectivity index (χ0n) is 38.0. The lowest BCUT2D eigenvalue weighted by Gasteiger charge is -2.33. The molecule has 11 rings (SSSR count). The second-order valence-electron chi connectivity index (χ2n) is 17.6. The van der Waals surface area contributed by atoms with Gasteiger partial charge in [-0.15, -0.1) is 0 Å². The maximum atomic E-state index is 2.46. The van der Waals surface area contributed by atoms with Gasteiger partial charge in [0, 0.05) is 22.7 Å². The monoisotopic (exact) mass is 872 g/mol. The molecule has 0 spiro atoms. The topological polar surface area (TPSA) is 6.48 Å². The molecule has 0 radical (unpaired) electrons. The molecule has 0 saturated carbocycles. The summed E-state index contributed by atoms with van der Waals surface area (Å²) in [5.74, 6) is 0. The van der Waals surface area contributed by atoms with Gasteiger partial charge in [0.2, 0.25) is 0 Å². The Labute approximate surface area is 401 Å². The summed E-state index contributed by atoms with van der Waals surface area (Å²) in [6, 6.07) is 88.2. The van der Waals surface area contributed by atoms with Crippen molar-refractivity contribution < 1.29 is 0 Å². The summed E-state index contributed by atoms with van der Waals surface area (Å²) in [4.78, 5) is 4.92. The minimum Gasteiger partial charge on any atom is -0.334 e. The van der Waals surface area contributed by atoms with Gasteiger partial charge in [0.25, 0.3) is 0 Å². The van der Waals surface area contributed by atoms with Gasteiger partial charge in [-0.2, -0.15) is 0 Å². The Bertz CT molecular complexity index is 3030. The highest BCUT2D eigenvalue weighted by atomic mass is 15.2. The highest BCUT2D eigenvalue weighted by molar-refractivity contribution is 5.87. The fraction of sp³-hybridized carbons (Fsp3) is 0.0606. The van der Waals surface area contributed by atoms with E-state index in [1.807, 2.05) is 0 Å². The van der Waals surface area contributed by atoms with E-state index in [0.29, 0.717) is 0 Å². The number of nitrogens with zero attached hydrogens (tertiary/aromatic N) is 2. The predicted octanol–water partition coefficient (Wildman–Crippen LogP) is 17.5. The normalized spacial score (nSPS) is 15.3. The van der Waals surface area contributed by atoms with Gasteiger partial charge in [-0.3, -0.25) is 0 Å². The third kappa shape index (κ3) is 9.05. The molecule has 2 nitrogen and oxygen atoms in total. The molecule has 0 amide bonds. The average Bonchev–Trinajstić information content (AvgIpc) is 3.43. The van der Waals surface area contributed by atoms with E-state index in [1.54, 1.807) is 0 Å². The van der Waals surface area contributed by atoms with Crippen molar-refractivity contribution in [1.29, 1.82) is 0 Å². The number of allylic oxidation sites excluding steroid dienone is 4. The van der Waals surface area contributed by atoms with E-state index in [2.05, 4.69) is 289 Å². The van der Waals surface area contributed by atoms with Crippen molar-refractivity contribution in [2.24, 2.45) is 0 Å². The molecule has 0 fully saturated rings. The minimum atomic E-state index is 0.204. The fourth-order valence-corrected chi connectivity index (χ4v) is 9.88. The molecule has 68 heavy (non-hydrogen) atoms. The Hall–Kier alpha value is -8.46. The predicted molar refractivity (Wildman–Crippen MR) is 289 cm³/mol. The first kappa shape index (κ1) is 42.2. The zero-order chi connectivity index (χ0) is 45.5. The first-order chi connectivity index (χ1) is 33.7. The smallest absolute Gasteiger partial charge is 0.0560 e. The molecule has 2 heteroatoms. The molecule has 0 saturated heterocycles. The van der Waals surface area contributed by atoms with Gasteiger partial charge in [-0.1, -0.05) is 218 Å². The molecular formula is C66H52N2. The summed E-state index contributed by atoms with van der Waals surface area (Å²) in [5, 5.41) is 0. The molecule has 2 aliphatic carbocycles. The summed E-state index contributed by atoms with van der Waals surface area (Å²) in [6.07, 6.45) is 15.9. The lowest BCUT2D eigenvalue weighted by molar-refractivity contribution is 0.787. The van der Waals surface area contributed by atoms with Crippen molar-refractivity contribution in [1.82, 2.24) is 0 Å². The van der Waals surface area contributed by atoms with Crippen LogP contribution < -0.4 is 9.80 Å². The summed E-state index contributed by atoms with van der Waals surface area (Å²) in [6.45, 7) is 0. The van der Waals surface area contributed by atoms with Gasteiger partial charge in [0.05, 0.1) is 12.1 Å². The molecule has 0 bridgehead atoms. The van der Waals surface area contributed by atoms with Crippen molar-refractivity contribution in [2.75, 3.05) is 9.80 Å². The summed E-state index contributed by atoms with van der Waals surface area (Å²) >= 11 is 0. The first-order valence-corrected chi connectivity index (χ1v) is 23.8. The van der Waals surface area contributed by atoms with Crippen LogP contribution in [-0.4, -0.2) is 12.1 Å². The maximum Gasteiger partial charge on any atom is 0.0560 e. The van der Waals surface area contributed by atoms with E-state index in [9.17, 15) is 0 Å². The van der Waals surface area contributed by atoms with E-state index in [1.165, 1.54) is 89.5 Å². The lowest BCUT2D eigenvalue weighted by Crippen LogP contribution is -2.30. The summed E-state index contributed by atoms with van der Waals surface area (Å²) in [5.41, 5.74) is 19.4. The molecule has 326 valence electrons. The molecule has 2 aliphatic rings. The highest BCUT2D eigenvalue weighted by Gasteiger charge is 2.23. The van der Waals surface area contributed by atoms with Crippen LogP contribution in [0.1, 0.15) is 24.0 Å². The number of hydrogen-bond acceptors (Lipinski definition) is 2. The van der Waals surface area contributed by atoms with Crippen molar-refractivity contribution in [3.63, 3.8) is 0 Å². The standard InChI is InChI=1S/C66H52N2/c1-5-17-49(18-6-1)51-31-39-61(40-32-51)67(59-25-9-3-10-26-59)63-43-35-53(36-44-63)55-21-15-23-57(47-55)65-29-13-14-30-66(65)58-24-16-22-56(48-58)54-37-45-64(46-38-54)68(60-27-11-4-12-28-60)62-41-33-52(34-42-62)50-19-7-2-8-20-50/h1-39,41,43-48,61-62H,40,42H2. The van der Waals surface area contributed by atoms with Crippen LogP contribution in [0.3, 0.4) is 0 Å². The summed E-state index contributed by atoms with van der Waals surface area (Å²) < 4.78 is 0. The highest BCUT2D eigenvalue weighted by Crippen LogP contribution is 2.39. The van der Waals surface area contributed by atoms with Gasteiger partial charge in [-0.25, -0.2) is 0 Å². The van der Waals surface area contributed by atoms with E-state index in [-0.39, 0.29) is 12.1 Å². The molecule has 0 aliphatic heterocycles. The third-order valence-electron chi connectivity index (χ3n) is 13.3. The van der Waals surface area contributed by atoms with E-state index >= 15 is 0 Å². The van der Waals surface area contributed by atoms with Crippen LogP contribution in [0, 0.1) is 0 Å². The molecule has 0 N–H and O–H groups in total. The van der Waals surface area contributed by atoms with Gasteiger partial charge in [0.15, 0.2) is 0 Å². The second-order valence-corrected chi connectivity index (χ2v) is 17.6. The number of rotatable bonds is 12. The average molecular weight is 873 g/mol. The molecule has 2 unspecified atom stereocenters. The number of hydrogen-bond donors (Lipinski definition) is 0. The Morgan fingerprint density at radius 3 is 0.956 bits per heavy atom. The molecular weight excluding hydrogens is 821 g/mol. The largest absolute Gasteiger partial charge is 0.334 e. The van der Waals surface area contributed by atoms with E-state index in [4.69, 9.17) is 0 Å². The van der Waals surface area contributed by atoms with Crippen LogP contribution in [-0.2, 0) is 0 Å². The van der Waals surface area contributed by atoms with E-state index < -0.39 is 0 Å². The number of benzene rings is 9. The van der Waals surface area contributed by atoms with Crippen molar-refractivity contribution >= 4 is 33.9 Å². The van der Waals surface area contributed by atoms with Gasteiger partial charge >= 0.3 is 0 Å². The maximum absolute atomic E-state index is 2.46. The Morgan fingerprint density at radius 1 is 0.265 bits per heavy atom. The van der Waals surface area contributed by atoms with Gasteiger partial charge < -0.3 is 9.80 Å². The second kappa shape index (κ2) is 19.6. The number of para-hydroxylation sites is 2. The van der Waals surface area contributed by atoms with Crippen molar-refractivity contribution in [3.8, 4) is 44.5 Å². The molecule has 9 aromatic carbocycles. The quantitative estimate of drug-likeness (QED) is 0.121.